The van der Waals surface area contributed by atoms with Crippen LogP contribution in [0.3, 0.4) is 0 Å². The van der Waals surface area contributed by atoms with Gasteiger partial charge in [-0.3, -0.25) is 15.1 Å². The van der Waals surface area contributed by atoms with Gasteiger partial charge in [-0.05, 0) is 39.8 Å². The molecule has 6 nitrogen and oxygen atoms in total. The maximum Gasteiger partial charge on any atom is 0.278 e. The maximum atomic E-state index is 11.0. The molecule has 110 valence electrons. The Balaban J connectivity index is 1.89. The van der Waals surface area contributed by atoms with E-state index in [1.165, 1.54) is 25.9 Å². The Morgan fingerprint density at radius 3 is 2.75 bits per heavy atom. The highest BCUT2D eigenvalue weighted by atomic mass is 16.6. The number of likely N-dealkylation sites (tertiary alicyclic amines) is 1. The summed E-state index contributed by atoms with van der Waals surface area (Å²) >= 11 is 0. The van der Waals surface area contributed by atoms with E-state index < -0.39 is 0 Å². The molecule has 6 heteroatoms. The average Bonchev–Trinajstić information content (AvgIpc) is 2.89. The lowest BCUT2D eigenvalue weighted by molar-refractivity contribution is -0.386. The van der Waals surface area contributed by atoms with Gasteiger partial charge in [0.25, 0.3) is 5.69 Å². The van der Waals surface area contributed by atoms with Gasteiger partial charge in [0.15, 0.2) is 0 Å². The van der Waals surface area contributed by atoms with Crippen LogP contribution >= 0.6 is 0 Å². The molecule has 2 heterocycles. The summed E-state index contributed by atoms with van der Waals surface area (Å²) in [6, 6.07) is 0. The number of hydrogen-bond acceptors (Lipinski definition) is 5. The van der Waals surface area contributed by atoms with Crippen molar-refractivity contribution in [2.24, 2.45) is 0 Å². The van der Waals surface area contributed by atoms with Crippen LogP contribution in [-0.4, -0.2) is 41.0 Å². The minimum atomic E-state index is -0.319. The van der Waals surface area contributed by atoms with Gasteiger partial charge in [0.1, 0.15) is 0 Å². The number of rotatable bonds is 6. The van der Waals surface area contributed by atoms with Crippen LogP contribution in [0.25, 0.3) is 0 Å². The first-order chi connectivity index (χ1) is 9.59. The first-order valence-electron chi connectivity index (χ1n) is 7.12. The van der Waals surface area contributed by atoms with Gasteiger partial charge in [-0.25, -0.2) is 0 Å². The van der Waals surface area contributed by atoms with Gasteiger partial charge >= 0.3 is 0 Å². The summed E-state index contributed by atoms with van der Waals surface area (Å²) in [6.07, 6.45) is 4.18. The molecule has 1 aromatic heterocycles. The zero-order chi connectivity index (χ0) is 14.5. The summed E-state index contributed by atoms with van der Waals surface area (Å²) < 4.78 is 0. The molecule has 1 aliphatic rings. The summed E-state index contributed by atoms with van der Waals surface area (Å²) in [5, 5.41) is 14.4. The van der Waals surface area contributed by atoms with Gasteiger partial charge in [-0.2, -0.15) is 0 Å². The zero-order valence-corrected chi connectivity index (χ0v) is 12.2. The second-order valence-corrected chi connectivity index (χ2v) is 5.34. The summed E-state index contributed by atoms with van der Waals surface area (Å²) in [5.74, 6) is 0. The highest BCUT2D eigenvalue weighted by molar-refractivity contribution is 5.47. The first-order valence-corrected chi connectivity index (χ1v) is 7.12. The number of nitrogens with one attached hydrogen (secondary N) is 1. The molecule has 0 atom stereocenters. The molecular weight excluding hydrogens is 256 g/mol. The van der Waals surface area contributed by atoms with Crippen molar-refractivity contribution in [3.8, 4) is 0 Å². The predicted molar refractivity (Wildman–Crippen MR) is 77.7 cm³/mol. The van der Waals surface area contributed by atoms with E-state index in [2.05, 4.69) is 15.2 Å². The minimum absolute atomic E-state index is 0.191. The third-order valence-electron chi connectivity index (χ3n) is 3.85. The predicted octanol–water partition coefficient (Wildman–Crippen LogP) is 1.79. The maximum absolute atomic E-state index is 11.0. The molecule has 1 fully saturated rings. The fraction of sp³-hybridized carbons (Fsp3) is 0.643. The topological polar surface area (TPSA) is 71.3 Å². The molecule has 1 aromatic rings. The fourth-order valence-corrected chi connectivity index (χ4v) is 2.67. The molecule has 1 aliphatic heterocycles. The highest BCUT2D eigenvalue weighted by Gasteiger charge is 2.18. The number of pyridine rings is 1. The van der Waals surface area contributed by atoms with Gasteiger partial charge in [0.05, 0.1) is 10.6 Å². The van der Waals surface area contributed by atoms with Crippen molar-refractivity contribution >= 4 is 5.69 Å². The van der Waals surface area contributed by atoms with E-state index in [1.807, 2.05) is 0 Å². The lowest BCUT2D eigenvalue weighted by atomic mass is 10.1. The molecule has 1 saturated heterocycles. The van der Waals surface area contributed by atoms with Crippen molar-refractivity contribution in [3.63, 3.8) is 0 Å². The lowest BCUT2D eigenvalue weighted by Crippen LogP contribution is -2.30. The van der Waals surface area contributed by atoms with Crippen molar-refractivity contribution < 1.29 is 4.92 Å². The number of nitrogens with zero attached hydrogens (tertiary/aromatic N) is 3. The molecule has 0 aromatic carbocycles. The van der Waals surface area contributed by atoms with Crippen LogP contribution in [0.4, 0.5) is 5.69 Å². The van der Waals surface area contributed by atoms with Gasteiger partial charge in [0, 0.05) is 37.0 Å². The lowest BCUT2D eigenvalue weighted by Gasteiger charge is -2.15. The molecule has 2 rings (SSSR count). The van der Waals surface area contributed by atoms with E-state index in [1.54, 1.807) is 20.0 Å². The highest BCUT2D eigenvalue weighted by Crippen LogP contribution is 2.23. The largest absolute Gasteiger partial charge is 0.310 e. The molecule has 0 unspecified atom stereocenters. The molecule has 0 amide bonds. The van der Waals surface area contributed by atoms with Gasteiger partial charge < -0.3 is 10.2 Å². The van der Waals surface area contributed by atoms with Crippen LogP contribution in [0, 0.1) is 24.0 Å². The smallest absolute Gasteiger partial charge is 0.278 e. The Bertz CT molecular complexity index is 484. The Morgan fingerprint density at radius 1 is 1.40 bits per heavy atom. The summed E-state index contributed by atoms with van der Waals surface area (Å²) in [4.78, 5) is 17.5. The third kappa shape index (κ3) is 3.52. The molecule has 0 saturated carbocycles. The van der Waals surface area contributed by atoms with Crippen LogP contribution in [0.2, 0.25) is 0 Å². The van der Waals surface area contributed by atoms with E-state index in [4.69, 9.17) is 0 Å². The summed E-state index contributed by atoms with van der Waals surface area (Å²) in [6.45, 7) is 8.39. The van der Waals surface area contributed by atoms with Crippen molar-refractivity contribution in [1.82, 2.24) is 15.2 Å². The molecule has 0 spiro atoms. The summed E-state index contributed by atoms with van der Waals surface area (Å²) in [7, 11) is 0. The first kappa shape index (κ1) is 14.9. The number of aromatic nitrogens is 1. The van der Waals surface area contributed by atoms with E-state index in [0.29, 0.717) is 17.7 Å². The van der Waals surface area contributed by atoms with Gasteiger partial charge in [0.2, 0.25) is 0 Å². The quantitative estimate of drug-likeness (QED) is 0.488. The van der Waals surface area contributed by atoms with Crippen LogP contribution in [-0.2, 0) is 6.54 Å². The molecule has 1 N–H and O–H groups in total. The number of aryl methyl sites for hydroxylation is 1. The SMILES string of the molecule is Cc1cnc(CNCCN2CCCC2)c(C)c1[N+](=O)[O-]. The van der Waals surface area contributed by atoms with Crippen LogP contribution < -0.4 is 5.32 Å². The van der Waals surface area contributed by atoms with Crippen LogP contribution in [0.1, 0.15) is 29.7 Å². The van der Waals surface area contributed by atoms with Crippen LogP contribution in [0.15, 0.2) is 6.20 Å². The molecular formula is C14H22N4O2. The van der Waals surface area contributed by atoms with Crippen molar-refractivity contribution in [1.29, 1.82) is 0 Å². The third-order valence-corrected chi connectivity index (χ3v) is 3.85. The van der Waals surface area contributed by atoms with Crippen molar-refractivity contribution in [3.05, 3.63) is 33.1 Å². The fourth-order valence-electron chi connectivity index (χ4n) is 2.67. The van der Waals surface area contributed by atoms with Crippen LogP contribution in [0.5, 0.6) is 0 Å². The molecule has 20 heavy (non-hydrogen) atoms. The Labute approximate surface area is 119 Å². The summed E-state index contributed by atoms with van der Waals surface area (Å²) in [5.41, 5.74) is 2.25. The van der Waals surface area contributed by atoms with E-state index in [-0.39, 0.29) is 10.6 Å². The minimum Gasteiger partial charge on any atom is -0.310 e. The molecule has 0 aliphatic carbocycles. The van der Waals surface area contributed by atoms with Crippen molar-refractivity contribution in [2.75, 3.05) is 26.2 Å². The Kier molecular flexibility index (Phi) is 5.03. The van der Waals surface area contributed by atoms with Gasteiger partial charge in [-0.15, -0.1) is 0 Å². The van der Waals surface area contributed by atoms with Crippen molar-refractivity contribution in [2.45, 2.75) is 33.2 Å². The Hall–Kier alpha value is -1.53. The second-order valence-electron chi connectivity index (χ2n) is 5.34. The number of hydrogen-bond donors (Lipinski definition) is 1. The van der Waals surface area contributed by atoms with E-state index in [0.717, 1.165) is 18.8 Å². The standard InChI is InChI=1S/C14H22N4O2/c1-11-9-16-13(12(2)14(11)18(19)20)10-15-5-8-17-6-3-4-7-17/h9,15H,3-8,10H2,1-2H3. The molecule has 0 bridgehead atoms. The average molecular weight is 278 g/mol. The zero-order valence-electron chi connectivity index (χ0n) is 12.2. The monoisotopic (exact) mass is 278 g/mol. The van der Waals surface area contributed by atoms with Gasteiger partial charge in [-0.1, -0.05) is 0 Å². The molecule has 0 radical (unpaired) electrons. The van der Waals surface area contributed by atoms with E-state index in [9.17, 15) is 10.1 Å². The van der Waals surface area contributed by atoms with E-state index >= 15 is 0 Å². The second kappa shape index (κ2) is 6.76. The number of nitro groups is 1. The normalized spacial score (nSPS) is 15.7. The Morgan fingerprint density at radius 2 is 2.10 bits per heavy atom.